The van der Waals surface area contributed by atoms with Gasteiger partial charge in [0.25, 0.3) is 0 Å². The van der Waals surface area contributed by atoms with Crippen LogP contribution >= 0.6 is 33.3 Å². The maximum atomic E-state index is 14.3. The summed E-state index contributed by atoms with van der Waals surface area (Å²) in [6.07, 6.45) is 20.5. The molecule has 10 nitrogen and oxygen atoms in total. The highest BCUT2D eigenvalue weighted by Gasteiger charge is 2.51. The highest BCUT2D eigenvalue weighted by atomic mass is 33.1. The van der Waals surface area contributed by atoms with Gasteiger partial charge in [-0.25, -0.2) is 0 Å². The molecule has 4 saturated heterocycles. The van der Waals surface area contributed by atoms with E-state index in [1.165, 1.54) is 36.8 Å². The van der Waals surface area contributed by atoms with E-state index in [1.54, 1.807) is 14.2 Å². The Labute approximate surface area is 385 Å². The number of hydrogen-bond acceptors (Lipinski definition) is 11. The van der Waals surface area contributed by atoms with E-state index in [2.05, 4.69) is 65.0 Å². The molecule has 1 unspecified atom stereocenters. The topological polar surface area (TPSA) is 102 Å². The molecule has 8 rings (SSSR count). The van der Waals surface area contributed by atoms with Gasteiger partial charge in [-0.1, -0.05) is 59.1 Å². The second-order valence-electron chi connectivity index (χ2n) is 20.4. The molecule has 62 heavy (non-hydrogen) atoms. The fourth-order valence-corrected chi connectivity index (χ4v) is 16.2. The van der Waals surface area contributed by atoms with Crippen LogP contribution in [-0.4, -0.2) is 121 Å². The van der Waals surface area contributed by atoms with Crippen molar-refractivity contribution in [3.05, 3.63) is 46.8 Å². The van der Waals surface area contributed by atoms with Crippen molar-refractivity contribution in [1.82, 2.24) is 20.4 Å². The number of amides is 2. The Balaban J connectivity index is 0.931. The van der Waals surface area contributed by atoms with Crippen LogP contribution in [0.2, 0.25) is 0 Å². The smallest absolute Gasteiger partial charge is 0.228 e. The Morgan fingerprint density at radius 2 is 1.52 bits per heavy atom. The summed E-state index contributed by atoms with van der Waals surface area (Å²) in [6, 6.07) is 0.968. The van der Waals surface area contributed by atoms with E-state index in [4.69, 9.17) is 18.9 Å². The molecule has 2 amide bonds. The zero-order valence-corrected chi connectivity index (χ0v) is 40.8. The average molecular weight is 913 g/mol. The molecule has 5 fully saturated rings. The molecule has 0 spiro atoms. The molecule has 13 heteroatoms. The Bertz CT molecular complexity index is 1720. The Morgan fingerprint density at radius 3 is 2.26 bits per heavy atom. The maximum Gasteiger partial charge on any atom is 0.228 e. The Morgan fingerprint density at radius 1 is 0.806 bits per heavy atom. The van der Waals surface area contributed by atoms with Gasteiger partial charge in [-0.05, 0) is 107 Å². The van der Waals surface area contributed by atoms with Crippen molar-refractivity contribution in [1.29, 1.82) is 0 Å². The van der Waals surface area contributed by atoms with E-state index in [9.17, 15) is 9.59 Å². The summed E-state index contributed by atoms with van der Waals surface area (Å²) in [6.45, 7) is 12.7. The lowest BCUT2D eigenvalue weighted by molar-refractivity contribution is -0.139. The largest absolute Gasteiger partial charge is 0.498 e. The summed E-state index contributed by atoms with van der Waals surface area (Å²) in [7, 11) is 7.27. The number of carbonyl (C=O) groups excluding carboxylic acids is 2. The number of nitrogens with zero attached hydrogens (tertiary/aromatic N) is 2. The predicted molar refractivity (Wildman–Crippen MR) is 255 cm³/mol. The number of hydrogen-bond donors (Lipinski definition) is 2. The molecule has 4 heterocycles. The normalized spacial score (nSPS) is 34.6. The molecule has 0 radical (unpaired) electrons. The molecular formula is C49H76N4O6S3. The lowest BCUT2D eigenvalue weighted by Crippen LogP contribution is -2.47. The van der Waals surface area contributed by atoms with Crippen LogP contribution in [-0.2, 0) is 28.5 Å². The Kier molecular flexibility index (Phi) is 15.9. The molecule has 0 bridgehead atoms. The summed E-state index contributed by atoms with van der Waals surface area (Å²) in [5.74, 6) is 7.34. The van der Waals surface area contributed by atoms with E-state index < -0.39 is 0 Å². The van der Waals surface area contributed by atoms with Crippen LogP contribution in [0.1, 0.15) is 117 Å². The third-order valence-electron chi connectivity index (χ3n) is 15.4. The van der Waals surface area contributed by atoms with Gasteiger partial charge < -0.3 is 39.4 Å². The first-order valence-corrected chi connectivity index (χ1v) is 27.8. The van der Waals surface area contributed by atoms with Crippen LogP contribution in [0.4, 0.5) is 0 Å². The monoisotopic (exact) mass is 912 g/mol. The van der Waals surface area contributed by atoms with E-state index in [0.29, 0.717) is 74.6 Å². The number of thioether (sulfide) groups is 1. The molecule has 346 valence electrons. The third kappa shape index (κ3) is 10.8. The number of fused-ring (bicyclic) bond motifs is 6. The van der Waals surface area contributed by atoms with Crippen LogP contribution in [0.25, 0.3) is 0 Å². The van der Waals surface area contributed by atoms with Gasteiger partial charge in [0.2, 0.25) is 11.8 Å². The molecular weight excluding hydrogens is 837 g/mol. The van der Waals surface area contributed by atoms with Crippen LogP contribution in [0.5, 0.6) is 0 Å². The van der Waals surface area contributed by atoms with Crippen molar-refractivity contribution in [3.8, 4) is 0 Å². The molecule has 0 aromatic carbocycles. The number of allylic oxidation sites excluding steroid dienone is 3. The fourth-order valence-electron chi connectivity index (χ4n) is 12.4. The summed E-state index contributed by atoms with van der Waals surface area (Å²) in [5.41, 5.74) is 2.58. The van der Waals surface area contributed by atoms with E-state index in [-0.39, 0.29) is 40.6 Å². The van der Waals surface area contributed by atoms with Crippen molar-refractivity contribution in [2.75, 3.05) is 64.8 Å². The maximum absolute atomic E-state index is 14.3. The van der Waals surface area contributed by atoms with E-state index in [1.807, 2.05) is 21.6 Å². The van der Waals surface area contributed by atoms with Crippen molar-refractivity contribution in [2.24, 2.45) is 29.6 Å². The average Bonchev–Trinajstić information content (AvgIpc) is 3.56. The van der Waals surface area contributed by atoms with Gasteiger partial charge in [0.05, 0.1) is 32.7 Å². The van der Waals surface area contributed by atoms with Crippen LogP contribution in [0, 0.1) is 29.6 Å². The number of methoxy groups -OCH3 is 2. The molecule has 4 aliphatic heterocycles. The SMILES string of the molecule is C=C1CCCCCN2C(=O)[C@@H]3CC(OC)=C(OC[C@@H]4CC(COC5=C(OC)C[C@@H]6C(=O)N7C8CCCC[C@@H]8C[C@H]7CN[C@@H]6C5)=C[C@H](CSCC(C)(C)SSC)C4)C[C@@H]3NC[C@@H]2C1. The molecule has 0 aromatic heterocycles. The van der Waals surface area contributed by atoms with E-state index in [0.717, 1.165) is 106 Å². The highest BCUT2D eigenvalue weighted by Crippen LogP contribution is 2.45. The number of carbonyl (C=O) groups is 2. The zero-order chi connectivity index (χ0) is 43.4. The van der Waals surface area contributed by atoms with E-state index >= 15 is 0 Å². The quantitative estimate of drug-likeness (QED) is 0.129. The Hall–Kier alpha value is -1.93. The van der Waals surface area contributed by atoms with Crippen LogP contribution < -0.4 is 10.6 Å². The summed E-state index contributed by atoms with van der Waals surface area (Å²) in [5, 5.41) is 7.68. The van der Waals surface area contributed by atoms with Crippen LogP contribution in [0.15, 0.2) is 46.8 Å². The van der Waals surface area contributed by atoms with Gasteiger partial charge in [0.1, 0.15) is 29.6 Å². The standard InChI is InChI=1S/C49H76N4O6S3/c1-31-12-8-7-11-15-52-36(16-31)25-50-40-23-45(43(56-4)21-38(40)47(52)54)58-27-32-17-33(19-34(18-32)29-61-30-49(2,3)62-60-6)28-59-46-24-41-39(22-44(46)57-5)48(55)53-37(26-51-41)20-35-13-9-10-14-42(35)53/h19,32,34-42,50-51H,1,7-18,20-30H2,2-6H3/t32-,34-,35-,36+,37+,38-,39+,40+,41-,42?/m1/s1. The number of nitrogens with one attached hydrogen (secondary N) is 2. The van der Waals surface area contributed by atoms with Gasteiger partial charge in [0, 0.05) is 86.0 Å². The predicted octanol–water partition coefficient (Wildman–Crippen LogP) is 8.85. The molecule has 8 aliphatic rings. The molecule has 2 N–H and O–H groups in total. The van der Waals surface area contributed by atoms with Gasteiger partial charge in [-0.3, -0.25) is 9.59 Å². The minimum absolute atomic E-state index is 0.0273. The molecule has 1 saturated carbocycles. The molecule has 0 aromatic rings. The fraction of sp³-hybridized carbons (Fsp3) is 0.796. The minimum Gasteiger partial charge on any atom is -0.498 e. The first kappa shape index (κ1) is 46.6. The summed E-state index contributed by atoms with van der Waals surface area (Å²) >= 11 is 2.05. The molecule has 4 aliphatic carbocycles. The van der Waals surface area contributed by atoms with Gasteiger partial charge in [0.15, 0.2) is 0 Å². The second-order valence-corrected chi connectivity index (χ2v) is 24.5. The molecule has 10 atom stereocenters. The van der Waals surface area contributed by atoms with Gasteiger partial charge >= 0.3 is 0 Å². The number of rotatable bonds is 14. The van der Waals surface area contributed by atoms with Gasteiger partial charge in [-0.15, -0.1) is 0 Å². The third-order valence-corrected chi connectivity index (χ3v) is 19.8. The summed E-state index contributed by atoms with van der Waals surface area (Å²) in [4.78, 5) is 33.0. The van der Waals surface area contributed by atoms with Crippen molar-refractivity contribution >= 4 is 45.2 Å². The van der Waals surface area contributed by atoms with Crippen molar-refractivity contribution < 1.29 is 28.5 Å². The summed E-state index contributed by atoms with van der Waals surface area (Å²) < 4.78 is 25.9. The second kappa shape index (κ2) is 21.1. The first-order chi connectivity index (χ1) is 30.0. The van der Waals surface area contributed by atoms with Crippen molar-refractivity contribution in [2.45, 2.75) is 152 Å². The lowest BCUT2D eigenvalue weighted by Gasteiger charge is -2.37. The van der Waals surface area contributed by atoms with Crippen molar-refractivity contribution in [3.63, 3.8) is 0 Å². The van der Waals surface area contributed by atoms with Gasteiger partial charge in [-0.2, -0.15) is 11.8 Å². The minimum atomic E-state index is -0.151. The van der Waals surface area contributed by atoms with Crippen LogP contribution in [0.3, 0.4) is 0 Å². The highest BCUT2D eigenvalue weighted by molar-refractivity contribution is 8.77. The lowest BCUT2D eigenvalue weighted by atomic mass is 9.82. The first-order valence-electron chi connectivity index (χ1n) is 24.1. The number of ether oxygens (including phenoxy) is 4. The zero-order valence-electron chi connectivity index (χ0n) is 38.4.